The lowest BCUT2D eigenvalue weighted by Gasteiger charge is -2.10. The molecule has 5 heteroatoms. The van der Waals surface area contributed by atoms with Crippen molar-refractivity contribution >= 4 is 11.7 Å². The lowest BCUT2D eigenvalue weighted by atomic mass is 10.1. The number of hydrogen-bond acceptors (Lipinski definition) is 4. The van der Waals surface area contributed by atoms with Crippen LogP contribution in [-0.2, 0) is 11.3 Å². The molecule has 0 radical (unpaired) electrons. The van der Waals surface area contributed by atoms with Crippen LogP contribution in [-0.4, -0.2) is 22.9 Å². The SMILES string of the molecule is CC.COC(=O)c1ccc(N)cc1Cn1nc(C)cc1C. The average molecular weight is 289 g/mol. The fourth-order valence-electron chi connectivity index (χ4n) is 2.05. The highest BCUT2D eigenvalue weighted by molar-refractivity contribution is 5.91. The second kappa shape index (κ2) is 7.47. The quantitative estimate of drug-likeness (QED) is 0.696. The van der Waals surface area contributed by atoms with Gasteiger partial charge in [-0.1, -0.05) is 13.8 Å². The summed E-state index contributed by atoms with van der Waals surface area (Å²) in [4.78, 5) is 11.7. The van der Waals surface area contributed by atoms with Crippen molar-refractivity contribution in [1.29, 1.82) is 0 Å². The van der Waals surface area contributed by atoms with E-state index >= 15 is 0 Å². The summed E-state index contributed by atoms with van der Waals surface area (Å²) >= 11 is 0. The highest BCUT2D eigenvalue weighted by Gasteiger charge is 2.13. The number of nitrogens with two attached hydrogens (primary N) is 1. The zero-order valence-electron chi connectivity index (χ0n) is 13.3. The van der Waals surface area contributed by atoms with E-state index in [9.17, 15) is 4.79 Å². The molecule has 0 aliphatic rings. The Balaban J connectivity index is 0.00000106. The van der Waals surface area contributed by atoms with Crippen molar-refractivity contribution < 1.29 is 9.53 Å². The van der Waals surface area contributed by atoms with Crippen molar-refractivity contribution in [3.05, 3.63) is 46.8 Å². The predicted octanol–water partition coefficient (Wildman–Crippen LogP) is 2.94. The summed E-state index contributed by atoms with van der Waals surface area (Å²) in [7, 11) is 1.37. The van der Waals surface area contributed by atoms with E-state index in [0.29, 0.717) is 17.8 Å². The minimum Gasteiger partial charge on any atom is -0.465 e. The van der Waals surface area contributed by atoms with Gasteiger partial charge in [-0.15, -0.1) is 0 Å². The molecule has 0 fully saturated rings. The number of anilines is 1. The molecule has 0 spiro atoms. The molecular weight excluding hydrogens is 266 g/mol. The summed E-state index contributed by atoms with van der Waals surface area (Å²) in [5.74, 6) is -0.364. The number of hydrogen-bond donors (Lipinski definition) is 1. The number of aryl methyl sites for hydroxylation is 2. The number of ether oxygens (including phenoxy) is 1. The van der Waals surface area contributed by atoms with Gasteiger partial charge in [0.2, 0.25) is 0 Å². The molecule has 0 saturated heterocycles. The van der Waals surface area contributed by atoms with E-state index in [4.69, 9.17) is 10.5 Å². The van der Waals surface area contributed by atoms with E-state index in [2.05, 4.69) is 5.10 Å². The van der Waals surface area contributed by atoms with Gasteiger partial charge in [-0.05, 0) is 43.7 Å². The molecule has 0 unspecified atom stereocenters. The zero-order chi connectivity index (χ0) is 16.0. The Labute approximate surface area is 125 Å². The standard InChI is InChI=1S/C14H17N3O2.C2H6/c1-9-6-10(2)17(16-9)8-11-7-12(15)4-5-13(11)14(18)19-3;1-2/h4-7H,8,15H2,1-3H3;1-2H3. The average Bonchev–Trinajstić information content (AvgIpc) is 2.78. The van der Waals surface area contributed by atoms with E-state index in [1.54, 1.807) is 18.2 Å². The Morgan fingerprint density at radius 1 is 1.29 bits per heavy atom. The molecule has 1 aromatic heterocycles. The number of nitrogen functional groups attached to an aromatic ring is 1. The van der Waals surface area contributed by atoms with Crippen LogP contribution in [0, 0.1) is 13.8 Å². The van der Waals surface area contributed by atoms with Crippen LogP contribution in [0.5, 0.6) is 0 Å². The first kappa shape index (κ1) is 16.8. The maximum Gasteiger partial charge on any atom is 0.338 e. The summed E-state index contributed by atoms with van der Waals surface area (Å²) in [6.07, 6.45) is 0. The van der Waals surface area contributed by atoms with Crippen molar-refractivity contribution in [1.82, 2.24) is 9.78 Å². The van der Waals surface area contributed by atoms with E-state index < -0.39 is 0 Å². The lowest BCUT2D eigenvalue weighted by molar-refractivity contribution is 0.0599. The second-order valence-electron chi connectivity index (χ2n) is 4.49. The van der Waals surface area contributed by atoms with Gasteiger partial charge < -0.3 is 10.5 Å². The minimum absolute atomic E-state index is 0.364. The molecule has 1 aromatic carbocycles. The Morgan fingerprint density at radius 2 is 1.95 bits per heavy atom. The van der Waals surface area contributed by atoms with Gasteiger partial charge in [0.25, 0.3) is 0 Å². The molecule has 21 heavy (non-hydrogen) atoms. The molecular formula is C16H23N3O2. The number of carbonyl (C=O) groups excluding carboxylic acids is 1. The smallest absolute Gasteiger partial charge is 0.338 e. The third kappa shape index (κ3) is 4.08. The normalized spacial score (nSPS) is 9.76. The van der Waals surface area contributed by atoms with Gasteiger partial charge >= 0.3 is 5.97 Å². The van der Waals surface area contributed by atoms with Gasteiger partial charge in [0, 0.05) is 11.4 Å². The fraction of sp³-hybridized carbons (Fsp3) is 0.375. The van der Waals surface area contributed by atoms with Crippen molar-refractivity contribution in [2.75, 3.05) is 12.8 Å². The third-order valence-electron chi connectivity index (χ3n) is 2.96. The molecule has 0 saturated carbocycles. The first-order chi connectivity index (χ1) is 10.0. The van der Waals surface area contributed by atoms with E-state index in [1.165, 1.54) is 7.11 Å². The van der Waals surface area contributed by atoms with Crippen molar-refractivity contribution in [3.8, 4) is 0 Å². The minimum atomic E-state index is -0.364. The van der Waals surface area contributed by atoms with Crippen LogP contribution in [0.15, 0.2) is 24.3 Å². The van der Waals surface area contributed by atoms with Crippen molar-refractivity contribution in [2.24, 2.45) is 0 Å². The van der Waals surface area contributed by atoms with Crippen molar-refractivity contribution in [3.63, 3.8) is 0 Å². The highest BCUT2D eigenvalue weighted by atomic mass is 16.5. The van der Waals surface area contributed by atoms with E-state index in [0.717, 1.165) is 17.0 Å². The summed E-state index contributed by atoms with van der Waals surface area (Å²) in [6, 6.07) is 7.14. The molecule has 2 aromatic rings. The molecule has 5 nitrogen and oxygen atoms in total. The van der Waals surface area contributed by atoms with E-state index in [1.807, 2.05) is 38.4 Å². The number of methoxy groups -OCH3 is 1. The molecule has 0 atom stereocenters. The Morgan fingerprint density at radius 3 is 2.48 bits per heavy atom. The lowest BCUT2D eigenvalue weighted by Crippen LogP contribution is -2.11. The maximum absolute atomic E-state index is 11.7. The second-order valence-corrected chi connectivity index (χ2v) is 4.49. The highest BCUT2D eigenvalue weighted by Crippen LogP contribution is 2.17. The Hall–Kier alpha value is -2.30. The first-order valence-electron chi connectivity index (χ1n) is 6.99. The van der Waals surface area contributed by atoms with Crippen LogP contribution in [0.4, 0.5) is 5.69 Å². The van der Waals surface area contributed by atoms with Crippen LogP contribution in [0.2, 0.25) is 0 Å². The van der Waals surface area contributed by atoms with Gasteiger partial charge in [-0.25, -0.2) is 4.79 Å². The Kier molecular flexibility index (Phi) is 5.96. The molecule has 0 aliphatic carbocycles. The molecule has 0 bridgehead atoms. The summed E-state index contributed by atoms with van der Waals surface area (Å²) in [5.41, 5.74) is 9.70. The molecule has 1 heterocycles. The number of carbonyl (C=O) groups is 1. The van der Waals surface area contributed by atoms with Crippen molar-refractivity contribution in [2.45, 2.75) is 34.2 Å². The number of nitrogens with zero attached hydrogens (tertiary/aromatic N) is 2. The first-order valence-corrected chi connectivity index (χ1v) is 6.99. The van der Waals surface area contributed by atoms with Crippen LogP contribution in [0.1, 0.15) is 41.2 Å². The van der Waals surface area contributed by atoms with Crippen LogP contribution in [0.3, 0.4) is 0 Å². The third-order valence-corrected chi connectivity index (χ3v) is 2.96. The molecule has 0 amide bonds. The van der Waals surface area contributed by atoms with Gasteiger partial charge in [-0.2, -0.15) is 5.10 Å². The van der Waals surface area contributed by atoms with Gasteiger partial charge in [-0.3, -0.25) is 4.68 Å². The zero-order valence-corrected chi connectivity index (χ0v) is 13.3. The summed E-state index contributed by atoms with van der Waals surface area (Å²) < 4.78 is 6.62. The van der Waals surface area contributed by atoms with Gasteiger partial charge in [0.05, 0.1) is 24.9 Å². The monoisotopic (exact) mass is 289 g/mol. The number of rotatable bonds is 3. The summed E-state index contributed by atoms with van der Waals surface area (Å²) in [6.45, 7) is 8.41. The summed E-state index contributed by atoms with van der Waals surface area (Å²) in [5, 5.41) is 4.39. The molecule has 2 N–H and O–H groups in total. The van der Waals surface area contributed by atoms with Crippen LogP contribution >= 0.6 is 0 Å². The largest absolute Gasteiger partial charge is 0.465 e. The number of esters is 1. The number of benzene rings is 1. The van der Waals surface area contributed by atoms with Gasteiger partial charge in [0.1, 0.15) is 0 Å². The number of aromatic nitrogens is 2. The Bertz CT molecular complexity index is 618. The maximum atomic E-state index is 11.7. The van der Waals surface area contributed by atoms with E-state index in [-0.39, 0.29) is 5.97 Å². The molecule has 114 valence electrons. The van der Waals surface area contributed by atoms with Crippen LogP contribution in [0.25, 0.3) is 0 Å². The molecule has 2 rings (SSSR count). The fourth-order valence-corrected chi connectivity index (χ4v) is 2.05. The van der Waals surface area contributed by atoms with Gasteiger partial charge in [0.15, 0.2) is 0 Å². The van der Waals surface area contributed by atoms with Crippen LogP contribution < -0.4 is 5.73 Å². The topological polar surface area (TPSA) is 70.1 Å². The molecule has 0 aliphatic heterocycles. The predicted molar refractivity (Wildman–Crippen MR) is 84.3 cm³/mol.